The maximum atomic E-state index is 12.5. The summed E-state index contributed by atoms with van der Waals surface area (Å²) in [5.74, 6) is 0. The Morgan fingerprint density at radius 1 is 1.27 bits per heavy atom. The Morgan fingerprint density at radius 3 is 2.73 bits per heavy atom. The summed E-state index contributed by atoms with van der Waals surface area (Å²) in [6.45, 7) is 1.20. The molecule has 0 saturated carbocycles. The summed E-state index contributed by atoms with van der Waals surface area (Å²) >= 11 is 1.61. The molecule has 3 heterocycles. The fraction of sp³-hybridized carbons (Fsp3) is 0.400. The zero-order chi connectivity index (χ0) is 15.4. The number of rotatable bonds is 6. The average molecular weight is 337 g/mol. The molecule has 5 nitrogen and oxygen atoms in total. The number of hydrogen-bond acceptors (Lipinski definition) is 4. The fourth-order valence-electron chi connectivity index (χ4n) is 2.62. The highest BCUT2D eigenvalue weighted by molar-refractivity contribution is 7.87. The van der Waals surface area contributed by atoms with Crippen molar-refractivity contribution in [3.8, 4) is 0 Å². The van der Waals surface area contributed by atoms with E-state index in [0.717, 1.165) is 24.1 Å². The highest BCUT2D eigenvalue weighted by atomic mass is 32.2. The van der Waals surface area contributed by atoms with Crippen LogP contribution in [0.4, 0.5) is 0 Å². The number of pyridine rings is 1. The van der Waals surface area contributed by atoms with E-state index < -0.39 is 10.2 Å². The van der Waals surface area contributed by atoms with E-state index in [4.69, 9.17) is 0 Å². The Balaban J connectivity index is 1.82. The van der Waals surface area contributed by atoms with Gasteiger partial charge in [-0.1, -0.05) is 6.07 Å². The van der Waals surface area contributed by atoms with Crippen LogP contribution < -0.4 is 4.72 Å². The first-order chi connectivity index (χ1) is 10.6. The van der Waals surface area contributed by atoms with Gasteiger partial charge < -0.3 is 0 Å². The zero-order valence-corrected chi connectivity index (χ0v) is 13.8. The number of nitrogens with zero attached hydrogens (tertiary/aromatic N) is 2. The summed E-state index contributed by atoms with van der Waals surface area (Å²) in [4.78, 5) is 4.33. The van der Waals surface area contributed by atoms with Crippen molar-refractivity contribution in [2.75, 3.05) is 13.1 Å². The molecule has 0 amide bonds. The molecule has 1 N–H and O–H groups in total. The van der Waals surface area contributed by atoms with Gasteiger partial charge in [0, 0.05) is 19.3 Å². The minimum atomic E-state index is -3.46. The van der Waals surface area contributed by atoms with E-state index in [1.54, 1.807) is 17.5 Å². The Labute approximate surface area is 135 Å². The number of nitrogens with one attached hydrogen (secondary N) is 1. The molecule has 0 spiro atoms. The number of aromatic nitrogens is 1. The summed E-state index contributed by atoms with van der Waals surface area (Å²) in [6.07, 6.45) is 4.16. The predicted molar refractivity (Wildman–Crippen MR) is 87.9 cm³/mol. The van der Waals surface area contributed by atoms with Gasteiger partial charge in [0.15, 0.2) is 0 Å². The van der Waals surface area contributed by atoms with Crippen LogP contribution in [0, 0.1) is 0 Å². The van der Waals surface area contributed by atoms with E-state index in [1.807, 2.05) is 35.0 Å². The standard InChI is InChI=1S/C15H19N3O2S2/c19-22(20,18-8-3-4-9-18)17-15(11-13-6-10-21-12-13)14-5-1-2-7-16-14/h1-2,5-7,10,12,15,17H,3-4,8-9,11H2. The second kappa shape index (κ2) is 6.87. The topological polar surface area (TPSA) is 62.3 Å². The SMILES string of the molecule is O=S(=O)(NC(Cc1ccsc1)c1ccccn1)N1CCCC1. The minimum Gasteiger partial charge on any atom is -0.260 e. The summed E-state index contributed by atoms with van der Waals surface area (Å²) in [5, 5.41) is 4.04. The van der Waals surface area contributed by atoms with Crippen LogP contribution in [0.15, 0.2) is 41.2 Å². The summed E-state index contributed by atoms with van der Waals surface area (Å²) in [7, 11) is -3.46. The smallest absolute Gasteiger partial charge is 0.260 e. The molecule has 1 saturated heterocycles. The molecule has 0 radical (unpaired) electrons. The Hall–Kier alpha value is -1.28. The van der Waals surface area contributed by atoms with Crippen LogP contribution in [-0.4, -0.2) is 30.8 Å². The monoisotopic (exact) mass is 337 g/mol. The van der Waals surface area contributed by atoms with Crippen molar-refractivity contribution in [3.05, 3.63) is 52.5 Å². The van der Waals surface area contributed by atoms with E-state index >= 15 is 0 Å². The van der Waals surface area contributed by atoms with Gasteiger partial charge in [0.25, 0.3) is 10.2 Å². The highest BCUT2D eigenvalue weighted by Gasteiger charge is 2.29. The minimum absolute atomic E-state index is 0.346. The van der Waals surface area contributed by atoms with Gasteiger partial charge in [-0.25, -0.2) is 0 Å². The first kappa shape index (κ1) is 15.6. The quantitative estimate of drug-likeness (QED) is 0.880. The van der Waals surface area contributed by atoms with E-state index in [2.05, 4.69) is 9.71 Å². The molecule has 1 unspecified atom stereocenters. The molecule has 2 aromatic heterocycles. The highest BCUT2D eigenvalue weighted by Crippen LogP contribution is 2.21. The maximum Gasteiger partial charge on any atom is 0.280 e. The Bertz CT molecular complexity index is 681. The van der Waals surface area contributed by atoms with Crippen LogP contribution >= 0.6 is 11.3 Å². The maximum absolute atomic E-state index is 12.5. The van der Waals surface area contributed by atoms with E-state index in [-0.39, 0.29) is 6.04 Å². The van der Waals surface area contributed by atoms with Crippen molar-refractivity contribution >= 4 is 21.5 Å². The molecule has 0 aromatic carbocycles. The number of thiophene rings is 1. The lowest BCUT2D eigenvalue weighted by Crippen LogP contribution is -2.41. The summed E-state index contributed by atoms with van der Waals surface area (Å²) < 4.78 is 29.4. The van der Waals surface area contributed by atoms with E-state index in [1.165, 1.54) is 4.31 Å². The van der Waals surface area contributed by atoms with Crippen molar-refractivity contribution in [2.24, 2.45) is 0 Å². The lowest BCUT2D eigenvalue weighted by molar-refractivity contribution is 0.451. The summed E-state index contributed by atoms with van der Waals surface area (Å²) in [6, 6.07) is 7.25. The first-order valence-electron chi connectivity index (χ1n) is 7.34. The molecule has 1 aliphatic rings. The third-order valence-electron chi connectivity index (χ3n) is 3.76. The first-order valence-corrected chi connectivity index (χ1v) is 9.73. The molecule has 2 aromatic rings. The van der Waals surface area contributed by atoms with Gasteiger partial charge in [0.05, 0.1) is 11.7 Å². The summed E-state index contributed by atoms with van der Waals surface area (Å²) in [5.41, 5.74) is 1.86. The lowest BCUT2D eigenvalue weighted by atomic mass is 10.1. The third kappa shape index (κ3) is 3.73. The van der Waals surface area contributed by atoms with Crippen molar-refractivity contribution in [3.63, 3.8) is 0 Å². The van der Waals surface area contributed by atoms with Crippen LogP contribution in [-0.2, 0) is 16.6 Å². The molecular weight excluding hydrogens is 318 g/mol. The van der Waals surface area contributed by atoms with Crippen LogP contribution in [0.1, 0.15) is 30.1 Å². The molecular formula is C15H19N3O2S2. The van der Waals surface area contributed by atoms with Gasteiger partial charge in [-0.15, -0.1) is 0 Å². The van der Waals surface area contributed by atoms with E-state index in [9.17, 15) is 8.42 Å². The van der Waals surface area contributed by atoms with Gasteiger partial charge in [-0.3, -0.25) is 4.98 Å². The normalized spacial score (nSPS) is 17.6. The van der Waals surface area contributed by atoms with Gasteiger partial charge in [0.2, 0.25) is 0 Å². The molecule has 7 heteroatoms. The Morgan fingerprint density at radius 2 is 2.09 bits per heavy atom. The number of hydrogen-bond donors (Lipinski definition) is 1. The molecule has 1 atom stereocenters. The molecule has 118 valence electrons. The second-order valence-electron chi connectivity index (χ2n) is 5.37. The second-order valence-corrected chi connectivity index (χ2v) is 7.85. The van der Waals surface area contributed by atoms with Crippen molar-refractivity contribution in [2.45, 2.75) is 25.3 Å². The van der Waals surface area contributed by atoms with Crippen LogP contribution in [0.2, 0.25) is 0 Å². The third-order valence-corrected chi connectivity index (χ3v) is 6.12. The van der Waals surface area contributed by atoms with Crippen LogP contribution in [0.3, 0.4) is 0 Å². The van der Waals surface area contributed by atoms with Crippen LogP contribution in [0.25, 0.3) is 0 Å². The predicted octanol–water partition coefficient (Wildman–Crippen LogP) is 2.36. The zero-order valence-electron chi connectivity index (χ0n) is 12.2. The molecule has 0 bridgehead atoms. The van der Waals surface area contributed by atoms with Gasteiger partial charge in [-0.2, -0.15) is 28.8 Å². The van der Waals surface area contributed by atoms with Crippen molar-refractivity contribution < 1.29 is 8.42 Å². The van der Waals surface area contributed by atoms with E-state index in [0.29, 0.717) is 19.5 Å². The molecule has 1 aliphatic heterocycles. The lowest BCUT2D eigenvalue weighted by Gasteiger charge is -2.22. The van der Waals surface area contributed by atoms with Gasteiger partial charge >= 0.3 is 0 Å². The molecule has 0 aliphatic carbocycles. The molecule has 3 rings (SSSR count). The largest absolute Gasteiger partial charge is 0.280 e. The molecule has 1 fully saturated rings. The van der Waals surface area contributed by atoms with Crippen molar-refractivity contribution in [1.29, 1.82) is 0 Å². The Kier molecular flexibility index (Phi) is 4.87. The average Bonchev–Trinajstić information content (AvgIpc) is 3.21. The molecule has 22 heavy (non-hydrogen) atoms. The van der Waals surface area contributed by atoms with Gasteiger partial charge in [0.1, 0.15) is 0 Å². The van der Waals surface area contributed by atoms with Crippen molar-refractivity contribution in [1.82, 2.24) is 14.0 Å². The van der Waals surface area contributed by atoms with Gasteiger partial charge in [-0.05, 0) is 53.8 Å². The fourth-order valence-corrected chi connectivity index (χ4v) is 4.75. The van der Waals surface area contributed by atoms with Crippen LogP contribution in [0.5, 0.6) is 0 Å².